The molecule has 0 spiro atoms. The molecule has 0 heterocycles. The lowest BCUT2D eigenvalue weighted by molar-refractivity contribution is -0.111. The monoisotopic (exact) mass is 248 g/mol. The maximum absolute atomic E-state index is 11.4. The van der Waals surface area contributed by atoms with Gasteiger partial charge in [-0.3, -0.25) is 4.79 Å². The number of nitrogens with one attached hydrogen (secondary N) is 1. The first-order valence-electron chi connectivity index (χ1n) is 5.62. The van der Waals surface area contributed by atoms with Crippen molar-refractivity contribution >= 4 is 17.6 Å². The predicted octanol–water partition coefficient (Wildman–Crippen LogP) is 1.32. The fourth-order valence-corrected chi connectivity index (χ4v) is 1.26. The number of ether oxygens (including phenoxy) is 1. The van der Waals surface area contributed by atoms with Crippen molar-refractivity contribution in [2.24, 2.45) is 5.73 Å². The summed E-state index contributed by atoms with van der Waals surface area (Å²) >= 11 is 0. The fourth-order valence-electron chi connectivity index (χ4n) is 1.26. The highest BCUT2D eigenvalue weighted by Gasteiger charge is 2.05. The summed E-state index contributed by atoms with van der Waals surface area (Å²) in [5, 5.41) is 2.64. The Kier molecular flexibility index (Phi) is 5.60. The van der Waals surface area contributed by atoms with Gasteiger partial charge in [-0.05, 0) is 31.2 Å². The first kappa shape index (κ1) is 13.9. The van der Waals surface area contributed by atoms with Gasteiger partial charge in [0.25, 0.3) is 0 Å². The quantitative estimate of drug-likeness (QED) is 0.608. The summed E-state index contributed by atoms with van der Waals surface area (Å²) in [7, 11) is 0. The van der Waals surface area contributed by atoms with Crippen LogP contribution in [0.1, 0.15) is 17.3 Å². The second-order valence-electron chi connectivity index (χ2n) is 3.43. The van der Waals surface area contributed by atoms with Crippen molar-refractivity contribution in [3.8, 4) is 0 Å². The smallest absolute Gasteiger partial charge is 0.338 e. The molecule has 1 aromatic carbocycles. The van der Waals surface area contributed by atoms with E-state index in [-0.39, 0.29) is 11.9 Å². The zero-order valence-electron chi connectivity index (χ0n) is 10.2. The molecule has 0 bridgehead atoms. The van der Waals surface area contributed by atoms with Crippen LogP contribution in [0.25, 0.3) is 0 Å². The van der Waals surface area contributed by atoms with E-state index in [0.717, 1.165) is 0 Å². The molecule has 0 aromatic heterocycles. The molecule has 3 N–H and O–H groups in total. The van der Waals surface area contributed by atoms with Crippen molar-refractivity contribution in [1.29, 1.82) is 0 Å². The van der Waals surface area contributed by atoms with Gasteiger partial charge in [-0.25, -0.2) is 4.79 Å². The number of amides is 1. The van der Waals surface area contributed by atoms with Gasteiger partial charge in [0.05, 0.1) is 12.2 Å². The van der Waals surface area contributed by atoms with Gasteiger partial charge in [-0.1, -0.05) is 6.08 Å². The van der Waals surface area contributed by atoms with Crippen LogP contribution in [0.2, 0.25) is 0 Å². The van der Waals surface area contributed by atoms with Gasteiger partial charge >= 0.3 is 5.97 Å². The molecule has 0 saturated carbocycles. The summed E-state index contributed by atoms with van der Waals surface area (Å²) in [6.07, 6.45) is 2.92. The molecule has 0 atom stereocenters. The van der Waals surface area contributed by atoms with E-state index in [1.54, 1.807) is 37.3 Å². The summed E-state index contributed by atoms with van der Waals surface area (Å²) in [4.78, 5) is 22.7. The molecular weight excluding hydrogens is 232 g/mol. The van der Waals surface area contributed by atoms with E-state index >= 15 is 0 Å². The van der Waals surface area contributed by atoms with Crippen LogP contribution in [-0.4, -0.2) is 25.0 Å². The molecule has 0 saturated heterocycles. The molecule has 0 fully saturated rings. The van der Waals surface area contributed by atoms with E-state index in [2.05, 4.69) is 5.32 Å². The molecule has 1 rings (SSSR count). The lowest BCUT2D eigenvalue weighted by Crippen LogP contribution is -2.09. The summed E-state index contributed by atoms with van der Waals surface area (Å²) in [6, 6.07) is 6.47. The maximum atomic E-state index is 11.4. The molecule has 0 aliphatic heterocycles. The predicted molar refractivity (Wildman–Crippen MR) is 69.2 cm³/mol. The Morgan fingerprint density at radius 2 is 2.00 bits per heavy atom. The number of hydrogen-bond acceptors (Lipinski definition) is 4. The van der Waals surface area contributed by atoms with Crippen LogP contribution in [0.15, 0.2) is 36.4 Å². The zero-order valence-corrected chi connectivity index (χ0v) is 10.2. The first-order chi connectivity index (χ1) is 8.67. The van der Waals surface area contributed by atoms with E-state index < -0.39 is 0 Å². The van der Waals surface area contributed by atoms with E-state index in [1.165, 1.54) is 6.08 Å². The Hall–Kier alpha value is -2.14. The molecule has 5 nitrogen and oxygen atoms in total. The van der Waals surface area contributed by atoms with Gasteiger partial charge in [0.2, 0.25) is 5.91 Å². The van der Waals surface area contributed by atoms with Crippen LogP contribution in [0.5, 0.6) is 0 Å². The van der Waals surface area contributed by atoms with Crippen molar-refractivity contribution < 1.29 is 14.3 Å². The molecule has 0 radical (unpaired) electrons. The SMILES string of the molecule is CCOC(=O)c1ccc(NC(=O)/C=C/CN)cc1. The van der Waals surface area contributed by atoms with Gasteiger partial charge < -0.3 is 15.8 Å². The summed E-state index contributed by atoms with van der Waals surface area (Å²) in [5.74, 6) is -0.636. The van der Waals surface area contributed by atoms with Gasteiger partial charge in [0, 0.05) is 18.3 Å². The van der Waals surface area contributed by atoms with Crippen molar-refractivity contribution in [1.82, 2.24) is 0 Å². The summed E-state index contributed by atoms with van der Waals surface area (Å²) < 4.78 is 4.85. The Morgan fingerprint density at radius 3 is 2.56 bits per heavy atom. The number of rotatable bonds is 5. The average Bonchev–Trinajstić information content (AvgIpc) is 2.37. The van der Waals surface area contributed by atoms with Gasteiger partial charge in [-0.2, -0.15) is 0 Å². The van der Waals surface area contributed by atoms with E-state index in [4.69, 9.17) is 10.5 Å². The molecule has 96 valence electrons. The Morgan fingerprint density at radius 1 is 1.33 bits per heavy atom. The number of nitrogens with two attached hydrogens (primary N) is 1. The van der Waals surface area contributed by atoms with E-state index in [0.29, 0.717) is 24.4 Å². The average molecular weight is 248 g/mol. The molecule has 1 aromatic rings. The minimum atomic E-state index is -0.376. The molecule has 18 heavy (non-hydrogen) atoms. The Labute approximate surface area is 106 Å². The third-order valence-electron chi connectivity index (χ3n) is 2.07. The molecule has 0 aliphatic rings. The minimum Gasteiger partial charge on any atom is -0.462 e. The van der Waals surface area contributed by atoms with Crippen LogP contribution in [0, 0.1) is 0 Å². The lowest BCUT2D eigenvalue weighted by atomic mass is 10.2. The lowest BCUT2D eigenvalue weighted by Gasteiger charge is -2.04. The molecule has 0 aliphatic carbocycles. The topological polar surface area (TPSA) is 81.4 Å². The largest absolute Gasteiger partial charge is 0.462 e. The number of anilines is 1. The van der Waals surface area contributed by atoms with Crippen molar-refractivity contribution in [2.75, 3.05) is 18.5 Å². The molecular formula is C13H16N2O3. The molecule has 0 unspecified atom stereocenters. The first-order valence-corrected chi connectivity index (χ1v) is 5.62. The number of carbonyl (C=O) groups excluding carboxylic acids is 2. The summed E-state index contributed by atoms with van der Waals surface area (Å²) in [5.41, 5.74) is 6.29. The second-order valence-corrected chi connectivity index (χ2v) is 3.43. The standard InChI is InChI=1S/C13H16N2O3/c1-2-18-13(17)10-5-7-11(8-6-10)15-12(16)4-3-9-14/h3-8H,2,9,14H2,1H3,(H,15,16)/b4-3+. The van der Waals surface area contributed by atoms with Crippen molar-refractivity contribution in [3.05, 3.63) is 42.0 Å². The third-order valence-corrected chi connectivity index (χ3v) is 2.07. The number of hydrogen-bond donors (Lipinski definition) is 2. The van der Waals surface area contributed by atoms with E-state index in [9.17, 15) is 9.59 Å². The van der Waals surface area contributed by atoms with Crippen LogP contribution in [0.4, 0.5) is 5.69 Å². The highest BCUT2D eigenvalue weighted by atomic mass is 16.5. The van der Waals surface area contributed by atoms with Crippen molar-refractivity contribution in [3.63, 3.8) is 0 Å². The van der Waals surface area contributed by atoms with Gasteiger partial charge in [-0.15, -0.1) is 0 Å². The molecule has 5 heteroatoms. The fraction of sp³-hybridized carbons (Fsp3) is 0.231. The highest BCUT2D eigenvalue weighted by molar-refractivity contribution is 5.99. The van der Waals surface area contributed by atoms with Crippen LogP contribution < -0.4 is 11.1 Å². The third kappa shape index (κ3) is 4.39. The Balaban J connectivity index is 2.63. The number of benzene rings is 1. The van der Waals surface area contributed by atoms with Gasteiger partial charge in [0.15, 0.2) is 0 Å². The number of carbonyl (C=O) groups is 2. The number of esters is 1. The highest BCUT2D eigenvalue weighted by Crippen LogP contribution is 2.10. The second kappa shape index (κ2) is 7.24. The van der Waals surface area contributed by atoms with Crippen molar-refractivity contribution in [2.45, 2.75) is 6.92 Å². The zero-order chi connectivity index (χ0) is 13.4. The molecule has 1 amide bonds. The van der Waals surface area contributed by atoms with Crippen LogP contribution >= 0.6 is 0 Å². The van der Waals surface area contributed by atoms with E-state index in [1.807, 2.05) is 0 Å². The van der Waals surface area contributed by atoms with Crippen LogP contribution in [0.3, 0.4) is 0 Å². The van der Waals surface area contributed by atoms with Crippen LogP contribution in [-0.2, 0) is 9.53 Å². The minimum absolute atomic E-state index is 0.260. The summed E-state index contributed by atoms with van der Waals surface area (Å²) in [6.45, 7) is 2.40. The van der Waals surface area contributed by atoms with Gasteiger partial charge in [0.1, 0.15) is 0 Å². The Bertz CT molecular complexity index is 438. The normalized spacial score (nSPS) is 10.3. The maximum Gasteiger partial charge on any atom is 0.338 e.